The molecule has 0 saturated carbocycles. The minimum atomic E-state index is 0.562. The second kappa shape index (κ2) is 7.17. The Hall–Kier alpha value is -1.22. The minimum Gasteiger partial charge on any atom is -0.316 e. The summed E-state index contributed by atoms with van der Waals surface area (Å²) < 4.78 is 0. The quantitative estimate of drug-likeness (QED) is 0.745. The SMILES string of the molecule is CC=C(/C=N\C)/C(C)=N/C(=C\C)C1CCNC1. The monoisotopic (exact) mass is 233 g/mol. The molecule has 1 rings (SSSR count). The van der Waals surface area contributed by atoms with Crippen molar-refractivity contribution in [1.82, 2.24) is 5.32 Å². The molecule has 0 aromatic rings. The number of aliphatic imine (C=N–C) groups is 2. The van der Waals surface area contributed by atoms with Crippen LogP contribution in [0.4, 0.5) is 0 Å². The fraction of sp³-hybridized carbons (Fsp3) is 0.571. The standard InChI is InChI=1S/C14H23N3/c1-5-12(9-15-4)11(3)17-14(6-2)13-7-8-16-10-13/h5-6,9,13,16H,7-8,10H2,1-4H3/b12-5?,14-6-,15-9-,17-11+. The topological polar surface area (TPSA) is 36.8 Å². The van der Waals surface area contributed by atoms with Crippen LogP contribution < -0.4 is 5.32 Å². The lowest BCUT2D eigenvalue weighted by Gasteiger charge is -2.10. The number of allylic oxidation sites excluding steroid dienone is 3. The first-order chi connectivity index (χ1) is 8.22. The summed E-state index contributed by atoms with van der Waals surface area (Å²) in [4.78, 5) is 8.80. The van der Waals surface area contributed by atoms with Crippen LogP contribution in [-0.2, 0) is 0 Å². The van der Waals surface area contributed by atoms with E-state index in [2.05, 4.69) is 23.3 Å². The predicted molar refractivity (Wildman–Crippen MR) is 76.0 cm³/mol. The van der Waals surface area contributed by atoms with E-state index in [-0.39, 0.29) is 0 Å². The maximum Gasteiger partial charge on any atom is 0.0460 e. The van der Waals surface area contributed by atoms with Gasteiger partial charge < -0.3 is 5.32 Å². The Kier molecular flexibility index (Phi) is 5.84. The number of hydrogen-bond acceptors (Lipinski definition) is 3. The third-order valence-electron chi connectivity index (χ3n) is 3.07. The molecule has 0 aromatic carbocycles. The highest BCUT2D eigenvalue weighted by molar-refractivity contribution is 6.15. The molecule has 17 heavy (non-hydrogen) atoms. The first-order valence-corrected chi connectivity index (χ1v) is 6.24. The van der Waals surface area contributed by atoms with Crippen LogP contribution in [0, 0.1) is 5.92 Å². The molecule has 1 atom stereocenters. The average Bonchev–Trinajstić information content (AvgIpc) is 2.86. The lowest BCUT2D eigenvalue weighted by Crippen LogP contribution is -2.11. The normalized spacial score (nSPS) is 23.8. The van der Waals surface area contributed by atoms with E-state index in [4.69, 9.17) is 4.99 Å². The van der Waals surface area contributed by atoms with Crippen LogP contribution in [0.5, 0.6) is 0 Å². The zero-order valence-electron chi connectivity index (χ0n) is 11.3. The molecular weight excluding hydrogens is 210 g/mol. The van der Waals surface area contributed by atoms with Crippen LogP contribution in [0.15, 0.2) is 33.4 Å². The molecule has 1 heterocycles. The van der Waals surface area contributed by atoms with E-state index in [1.165, 1.54) is 12.1 Å². The Morgan fingerprint density at radius 1 is 1.29 bits per heavy atom. The molecule has 0 aliphatic carbocycles. The molecule has 1 unspecified atom stereocenters. The zero-order valence-corrected chi connectivity index (χ0v) is 11.3. The van der Waals surface area contributed by atoms with Crippen molar-refractivity contribution in [2.45, 2.75) is 27.2 Å². The molecule has 0 bridgehead atoms. The predicted octanol–water partition coefficient (Wildman–Crippen LogP) is 2.61. The summed E-state index contributed by atoms with van der Waals surface area (Å²) in [7, 11) is 1.79. The van der Waals surface area contributed by atoms with Crippen molar-refractivity contribution in [3.63, 3.8) is 0 Å². The van der Waals surface area contributed by atoms with E-state index in [1.807, 2.05) is 26.1 Å². The number of hydrogen-bond donors (Lipinski definition) is 1. The molecule has 94 valence electrons. The fourth-order valence-electron chi connectivity index (χ4n) is 2.07. The van der Waals surface area contributed by atoms with Gasteiger partial charge in [-0.25, -0.2) is 0 Å². The summed E-state index contributed by atoms with van der Waals surface area (Å²) in [6, 6.07) is 0. The summed E-state index contributed by atoms with van der Waals surface area (Å²) in [5.74, 6) is 0.562. The van der Waals surface area contributed by atoms with Crippen LogP contribution in [0.25, 0.3) is 0 Å². The Bertz CT molecular complexity index is 356. The Balaban J connectivity index is 2.84. The van der Waals surface area contributed by atoms with Crippen LogP contribution in [-0.4, -0.2) is 32.1 Å². The van der Waals surface area contributed by atoms with Crippen molar-refractivity contribution in [3.8, 4) is 0 Å². The van der Waals surface area contributed by atoms with Crippen LogP contribution >= 0.6 is 0 Å². The van der Waals surface area contributed by atoms with Gasteiger partial charge in [0.2, 0.25) is 0 Å². The van der Waals surface area contributed by atoms with Gasteiger partial charge in [-0.2, -0.15) is 0 Å². The maximum absolute atomic E-state index is 4.74. The Labute approximate surface area is 104 Å². The van der Waals surface area contributed by atoms with Gasteiger partial charge in [-0.05, 0) is 33.7 Å². The van der Waals surface area contributed by atoms with Gasteiger partial charge in [-0.15, -0.1) is 0 Å². The van der Waals surface area contributed by atoms with Crippen molar-refractivity contribution in [2.24, 2.45) is 15.9 Å². The maximum atomic E-state index is 4.74. The van der Waals surface area contributed by atoms with Crippen molar-refractivity contribution >= 4 is 11.9 Å². The smallest absolute Gasteiger partial charge is 0.0460 e. The largest absolute Gasteiger partial charge is 0.316 e. The average molecular weight is 233 g/mol. The molecule has 0 spiro atoms. The van der Waals surface area contributed by atoms with Gasteiger partial charge >= 0.3 is 0 Å². The molecule has 3 heteroatoms. The molecule has 1 N–H and O–H groups in total. The van der Waals surface area contributed by atoms with Gasteiger partial charge in [0.05, 0.1) is 0 Å². The van der Waals surface area contributed by atoms with E-state index in [9.17, 15) is 0 Å². The highest BCUT2D eigenvalue weighted by atomic mass is 14.9. The van der Waals surface area contributed by atoms with E-state index >= 15 is 0 Å². The van der Waals surface area contributed by atoms with Crippen LogP contribution in [0.2, 0.25) is 0 Å². The number of nitrogens with zero attached hydrogens (tertiary/aromatic N) is 2. The Morgan fingerprint density at radius 3 is 2.53 bits per heavy atom. The Morgan fingerprint density at radius 2 is 2.06 bits per heavy atom. The van der Waals surface area contributed by atoms with Gasteiger partial charge in [0.1, 0.15) is 0 Å². The second-order valence-electron chi connectivity index (χ2n) is 4.23. The highest BCUT2D eigenvalue weighted by Crippen LogP contribution is 2.20. The molecule has 3 nitrogen and oxygen atoms in total. The zero-order chi connectivity index (χ0) is 12.7. The molecule has 0 amide bonds. The first-order valence-electron chi connectivity index (χ1n) is 6.24. The van der Waals surface area contributed by atoms with Crippen LogP contribution in [0.3, 0.4) is 0 Å². The summed E-state index contributed by atoms with van der Waals surface area (Å²) in [5.41, 5.74) is 3.33. The highest BCUT2D eigenvalue weighted by Gasteiger charge is 2.18. The lowest BCUT2D eigenvalue weighted by atomic mass is 10.0. The fourth-order valence-corrected chi connectivity index (χ4v) is 2.07. The van der Waals surface area contributed by atoms with E-state index in [0.29, 0.717) is 5.92 Å². The van der Waals surface area contributed by atoms with Gasteiger partial charge in [0.25, 0.3) is 0 Å². The minimum absolute atomic E-state index is 0.562. The van der Waals surface area contributed by atoms with Crippen molar-refractivity contribution in [1.29, 1.82) is 0 Å². The molecule has 1 fully saturated rings. The molecule has 1 aliphatic heterocycles. The summed E-state index contributed by atoms with van der Waals surface area (Å²) in [5, 5.41) is 3.38. The summed E-state index contributed by atoms with van der Waals surface area (Å²) >= 11 is 0. The van der Waals surface area contributed by atoms with Gasteiger partial charge in [0, 0.05) is 42.7 Å². The van der Waals surface area contributed by atoms with E-state index in [1.54, 1.807) is 7.05 Å². The van der Waals surface area contributed by atoms with Gasteiger partial charge in [0.15, 0.2) is 0 Å². The number of nitrogens with one attached hydrogen (secondary N) is 1. The van der Waals surface area contributed by atoms with E-state index in [0.717, 1.165) is 24.4 Å². The van der Waals surface area contributed by atoms with Gasteiger partial charge in [-0.1, -0.05) is 12.2 Å². The summed E-state index contributed by atoms with van der Waals surface area (Å²) in [6.45, 7) is 8.27. The second-order valence-corrected chi connectivity index (χ2v) is 4.23. The van der Waals surface area contributed by atoms with E-state index < -0.39 is 0 Å². The van der Waals surface area contributed by atoms with Gasteiger partial charge in [-0.3, -0.25) is 9.98 Å². The van der Waals surface area contributed by atoms with Crippen LogP contribution in [0.1, 0.15) is 27.2 Å². The van der Waals surface area contributed by atoms with Crippen molar-refractivity contribution < 1.29 is 0 Å². The summed E-state index contributed by atoms with van der Waals surface area (Å²) in [6.07, 6.45) is 7.21. The molecule has 0 aromatic heterocycles. The van der Waals surface area contributed by atoms with Crippen molar-refractivity contribution in [2.75, 3.05) is 20.1 Å². The number of rotatable bonds is 4. The third-order valence-corrected chi connectivity index (χ3v) is 3.07. The lowest BCUT2D eigenvalue weighted by molar-refractivity contribution is 0.672. The molecule has 0 radical (unpaired) electrons. The first kappa shape index (κ1) is 13.8. The molecular formula is C14H23N3. The van der Waals surface area contributed by atoms with Crippen molar-refractivity contribution in [3.05, 3.63) is 23.4 Å². The third kappa shape index (κ3) is 3.93. The molecule has 1 saturated heterocycles. The molecule has 1 aliphatic rings.